The highest BCUT2D eigenvalue weighted by Crippen LogP contribution is 2.16. The molecule has 0 unspecified atom stereocenters. The van der Waals surface area contributed by atoms with Crippen LogP contribution in [0.1, 0.15) is 12.5 Å². The monoisotopic (exact) mass is 268 g/mol. The molecule has 0 bridgehead atoms. The summed E-state index contributed by atoms with van der Waals surface area (Å²) in [6, 6.07) is 12.4. The van der Waals surface area contributed by atoms with Gasteiger partial charge in [-0.05, 0) is 12.5 Å². The maximum Gasteiger partial charge on any atom is 0.134 e. The molecule has 0 aliphatic carbocycles. The Labute approximate surface area is 120 Å². The largest absolute Gasteiger partial charge is 0.366 e. The Bertz CT molecular complexity index is 539. The molecule has 0 spiro atoms. The molecular formula is C16H20N4. The molecule has 20 heavy (non-hydrogen) atoms. The minimum absolute atomic E-state index is 0.696. The second-order valence-corrected chi connectivity index (χ2v) is 4.43. The molecule has 2 rings (SSSR count). The molecule has 0 atom stereocenters. The van der Waals surface area contributed by atoms with Crippen LogP contribution in [0.25, 0.3) is 0 Å². The van der Waals surface area contributed by atoms with Crippen LogP contribution < -0.4 is 10.2 Å². The second kappa shape index (κ2) is 7.28. The summed E-state index contributed by atoms with van der Waals surface area (Å²) < 4.78 is 0. The highest BCUT2D eigenvalue weighted by Gasteiger charge is 2.07. The van der Waals surface area contributed by atoms with Crippen LogP contribution in [-0.2, 0) is 6.54 Å². The molecule has 0 aliphatic rings. The first kappa shape index (κ1) is 14.1. The SMILES string of the molecule is C=CCNc1cc(N(CC)Cc2ccccc2)ncn1. The molecule has 0 saturated carbocycles. The minimum atomic E-state index is 0.696. The third kappa shape index (κ3) is 3.82. The number of hydrogen-bond acceptors (Lipinski definition) is 4. The number of hydrogen-bond donors (Lipinski definition) is 1. The summed E-state index contributed by atoms with van der Waals surface area (Å²) in [4.78, 5) is 10.8. The van der Waals surface area contributed by atoms with Crippen molar-refractivity contribution in [2.45, 2.75) is 13.5 Å². The molecule has 1 N–H and O–H groups in total. The molecule has 104 valence electrons. The Morgan fingerprint density at radius 2 is 2.05 bits per heavy atom. The van der Waals surface area contributed by atoms with Crippen molar-refractivity contribution in [2.75, 3.05) is 23.3 Å². The van der Waals surface area contributed by atoms with Crippen molar-refractivity contribution in [3.8, 4) is 0 Å². The maximum absolute atomic E-state index is 4.36. The van der Waals surface area contributed by atoms with Gasteiger partial charge in [0.1, 0.15) is 18.0 Å². The number of rotatable bonds is 7. The molecule has 0 saturated heterocycles. The van der Waals surface area contributed by atoms with Crippen molar-refractivity contribution in [2.24, 2.45) is 0 Å². The Kier molecular flexibility index (Phi) is 5.12. The zero-order chi connectivity index (χ0) is 14.2. The van der Waals surface area contributed by atoms with Crippen LogP contribution in [0.4, 0.5) is 11.6 Å². The van der Waals surface area contributed by atoms with E-state index in [1.165, 1.54) is 5.56 Å². The van der Waals surface area contributed by atoms with Crippen molar-refractivity contribution in [1.82, 2.24) is 9.97 Å². The third-order valence-electron chi connectivity index (χ3n) is 3.00. The van der Waals surface area contributed by atoms with Gasteiger partial charge in [0.05, 0.1) is 0 Å². The summed E-state index contributed by atoms with van der Waals surface area (Å²) in [5.41, 5.74) is 1.27. The maximum atomic E-state index is 4.36. The summed E-state index contributed by atoms with van der Waals surface area (Å²) >= 11 is 0. The van der Waals surface area contributed by atoms with E-state index >= 15 is 0 Å². The van der Waals surface area contributed by atoms with Gasteiger partial charge in [0.25, 0.3) is 0 Å². The lowest BCUT2D eigenvalue weighted by Gasteiger charge is -2.22. The Morgan fingerprint density at radius 1 is 1.25 bits per heavy atom. The van der Waals surface area contributed by atoms with Crippen LogP contribution in [-0.4, -0.2) is 23.1 Å². The van der Waals surface area contributed by atoms with E-state index in [1.807, 2.05) is 18.2 Å². The molecule has 4 heteroatoms. The molecule has 0 fully saturated rings. The fourth-order valence-corrected chi connectivity index (χ4v) is 1.95. The lowest BCUT2D eigenvalue weighted by atomic mass is 10.2. The van der Waals surface area contributed by atoms with E-state index in [4.69, 9.17) is 0 Å². The zero-order valence-corrected chi connectivity index (χ0v) is 11.8. The van der Waals surface area contributed by atoms with Crippen molar-refractivity contribution < 1.29 is 0 Å². The van der Waals surface area contributed by atoms with E-state index in [9.17, 15) is 0 Å². The quantitative estimate of drug-likeness (QED) is 0.783. The molecule has 1 aromatic carbocycles. The van der Waals surface area contributed by atoms with E-state index in [0.717, 1.165) is 24.7 Å². The molecular weight excluding hydrogens is 248 g/mol. The first-order valence-corrected chi connectivity index (χ1v) is 6.79. The van der Waals surface area contributed by atoms with Gasteiger partial charge in [-0.25, -0.2) is 9.97 Å². The Balaban J connectivity index is 2.12. The van der Waals surface area contributed by atoms with E-state index in [0.29, 0.717) is 6.54 Å². The van der Waals surface area contributed by atoms with Gasteiger partial charge in [0.15, 0.2) is 0 Å². The molecule has 1 aromatic heterocycles. The van der Waals surface area contributed by atoms with Gasteiger partial charge in [0.2, 0.25) is 0 Å². The van der Waals surface area contributed by atoms with Crippen LogP contribution in [0, 0.1) is 0 Å². The van der Waals surface area contributed by atoms with Crippen molar-refractivity contribution in [3.63, 3.8) is 0 Å². The second-order valence-electron chi connectivity index (χ2n) is 4.43. The molecule has 1 heterocycles. The average molecular weight is 268 g/mol. The Hall–Kier alpha value is -2.36. The molecule has 0 radical (unpaired) electrons. The van der Waals surface area contributed by atoms with Crippen molar-refractivity contribution in [1.29, 1.82) is 0 Å². The van der Waals surface area contributed by atoms with Crippen LogP contribution >= 0.6 is 0 Å². The van der Waals surface area contributed by atoms with Crippen molar-refractivity contribution in [3.05, 3.63) is 60.9 Å². The summed E-state index contributed by atoms with van der Waals surface area (Å²) in [5.74, 6) is 1.75. The normalized spacial score (nSPS) is 10.1. The number of benzene rings is 1. The highest BCUT2D eigenvalue weighted by atomic mass is 15.2. The van der Waals surface area contributed by atoms with Gasteiger partial charge >= 0.3 is 0 Å². The summed E-state index contributed by atoms with van der Waals surface area (Å²) in [6.07, 6.45) is 3.40. The lowest BCUT2D eigenvalue weighted by Crippen LogP contribution is -2.23. The molecule has 0 aliphatic heterocycles. The zero-order valence-electron chi connectivity index (χ0n) is 11.8. The van der Waals surface area contributed by atoms with Crippen LogP contribution in [0.3, 0.4) is 0 Å². The van der Waals surface area contributed by atoms with Gasteiger partial charge in [0, 0.05) is 25.7 Å². The highest BCUT2D eigenvalue weighted by molar-refractivity contribution is 5.49. The van der Waals surface area contributed by atoms with Crippen molar-refractivity contribution >= 4 is 11.6 Å². The van der Waals surface area contributed by atoms with Crippen LogP contribution in [0.2, 0.25) is 0 Å². The smallest absolute Gasteiger partial charge is 0.134 e. The summed E-state index contributed by atoms with van der Waals surface area (Å²) in [7, 11) is 0. The van der Waals surface area contributed by atoms with E-state index in [2.05, 4.69) is 58.0 Å². The summed E-state index contributed by atoms with van der Waals surface area (Å²) in [5, 5.41) is 3.18. The predicted molar refractivity (Wildman–Crippen MR) is 83.9 cm³/mol. The van der Waals surface area contributed by atoms with E-state index < -0.39 is 0 Å². The van der Waals surface area contributed by atoms with Gasteiger partial charge < -0.3 is 10.2 Å². The van der Waals surface area contributed by atoms with Crippen LogP contribution in [0.5, 0.6) is 0 Å². The number of aromatic nitrogens is 2. The van der Waals surface area contributed by atoms with Gasteiger partial charge in [-0.3, -0.25) is 0 Å². The number of anilines is 2. The number of nitrogens with one attached hydrogen (secondary N) is 1. The molecule has 2 aromatic rings. The fraction of sp³-hybridized carbons (Fsp3) is 0.250. The van der Waals surface area contributed by atoms with Gasteiger partial charge in [-0.2, -0.15) is 0 Å². The van der Waals surface area contributed by atoms with Crippen LogP contribution in [0.15, 0.2) is 55.4 Å². The lowest BCUT2D eigenvalue weighted by molar-refractivity contribution is 0.810. The fourth-order valence-electron chi connectivity index (χ4n) is 1.95. The summed E-state index contributed by atoms with van der Waals surface area (Å²) in [6.45, 7) is 8.25. The van der Waals surface area contributed by atoms with Gasteiger partial charge in [-0.15, -0.1) is 6.58 Å². The van der Waals surface area contributed by atoms with E-state index in [1.54, 1.807) is 6.33 Å². The molecule has 4 nitrogen and oxygen atoms in total. The molecule has 0 amide bonds. The third-order valence-corrected chi connectivity index (χ3v) is 3.00. The Morgan fingerprint density at radius 3 is 2.75 bits per heavy atom. The predicted octanol–water partition coefficient (Wildman–Crippen LogP) is 3.10. The number of nitrogens with zero attached hydrogens (tertiary/aromatic N) is 3. The minimum Gasteiger partial charge on any atom is -0.366 e. The average Bonchev–Trinajstić information content (AvgIpc) is 2.52. The van der Waals surface area contributed by atoms with E-state index in [-0.39, 0.29) is 0 Å². The standard InChI is InChI=1S/C16H20N4/c1-3-10-17-15-11-16(19-13-18-15)20(4-2)12-14-8-6-5-7-9-14/h3,5-9,11,13H,1,4,10,12H2,2H3,(H,17,18,19). The first-order chi connectivity index (χ1) is 9.83. The van der Waals surface area contributed by atoms with Gasteiger partial charge in [-0.1, -0.05) is 36.4 Å². The topological polar surface area (TPSA) is 41.0 Å². The first-order valence-electron chi connectivity index (χ1n) is 6.79.